The van der Waals surface area contributed by atoms with Crippen LogP contribution in [0.15, 0.2) is 6.20 Å². The average molecular weight is 210 g/mol. The molecule has 15 heavy (non-hydrogen) atoms. The van der Waals surface area contributed by atoms with E-state index < -0.39 is 0 Å². The average Bonchev–Trinajstić information content (AvgIpc) is 2.67. The Balaban J connectivity index is 2.07. The van der Waals surface area contributed by atoms with Gasteiger partial charge in [0.25, 0.3) is 5.91 Å². The SMILES string of the molecule is CC1CN(C(=O)c2cn[nH]n2)CC(C)O1. The summed E-state index contributed by atoms with van der Waals surface area (Å²) in [5.74, 6) is -0.0919. The van der Waals surface area contributed by atoms with Gasteiger partial charge in [0.05, 0.1) is 18.4 Å². The van der Waals surface area contributed by atoms with E-state index in [-0.39, 0.29) is 18.1 Å². The molecule has 2 atom stereocenters. The fourth-order valence-corrected chi connectivity index (χ4v) is 1.81. The molecule has 2 unspecified atom stereocenters. The first-order chi connectivity index (χ1) is 7.16. The second kappa shape index (κ2) is 3.98. The normalized spacial score (nSPS) is 26.7. The van der Waals surface area contributed by atoms with Crippen LogP contribution in [0.1, 0.15) is 24.3 Å². The van der Waals surface area contributed by atoms with Gasteiger partial charge in [0.15, 0.2) is 5.69 Å². The smallest absolute Gasteiger partial charge is 0.276 e. The van der Waals surface area contributed by atoms with Gasteiger partial charge in [0, 0.05) is 13.1 Å². The monoisotopic (exact) mass is 210 g/mol. The number of hydrogen-bond donors (Lipinski definition) is 1. The number of carbonyl (C=O) groups is 1. The van der Waals surface area contributed by atoms with Crippen molar-refractivity contribution in [2.75, 3.05) is 13.1 Å². The molecule has 2 rings (SSSR count). The van der Waals surface area contributed by atoms with E-state index in [1.807, 2.05) is 13.8 Å². The minimum atomic E-state index is -0.0919. The summed E-state index contributed by atoms with van der Waals surface area (Å²) in [6.45, 7) is 5.13. The van der Waals surface area contributed by atoms with E-state index in [1.54, 1.807) is 4.90 Å². The topological polar surface area (TPSA) is 71.1 Å². The Bertz CT molecular complexity index is 328. The largest absolute Gasteiger partial charge is 0.372 e. The minimum Gasteiger partial charge on any atom is -0.372 e. The Hall–Kier alpha value is -1.43. The van der Waals surface area contributed by atoms with Crippen LogP contribution in [0.2, 0.25) is 0 Å². The molecule has 2 heterocycles. The second-order valence-corrected chi connectivity index (χ2v) is 3.82. The van der Waals surface area contributed by atoms with E-state index in [9.17, 15) is 4.79 Å². The molecule has 6 nitrogen and oxygen atoms in total. The lowest BCUT2D eigenvalue weighted by atomic mass is 10.2. The maximum Gasteiger partial charge on any atom is 0.276 e. The molecule has 0 aromatic carbocycles. The van der Waals surface area contributed by atoms with Crippen LogP contribution in [0.3, 0.4) is 0 Å². The van der Waals surface area contributed by atoms with E-state index in [0.717, 1.165) is 0 Å². The van der Waals surface area contributed by atoms with E-state index in [0.29, 0.717) is 18.8 Å². The molecule has 1 fully saturated rings. The maximum absolute atomic E-state index is 11.9. The van der Waals surface area contributed by atoms with Crippen LogP contribution in [0.25, 0.3) is 0 Å². The van der Waals surface area contributed by atoms with Gasteiger partial charge in [-0.05, 0) is 13.8 Å². The van der Waals surface area contributed by atoms with Gasteiger partial charge in [-0.3, -0.25) is 4.79 Å². The van der Waals surface area contributed by atoms with Crippen molar-refractivity contribution in [2.45, 2.75) is 26.1 Å². The van der Waals surface area contributed by atoms with Gasteiger partial charge in [-0.15, -0.1) is 0 Å². The Morgan fingerprint density at radius 2 is 2.20 bits per heavy atom. The number of hydrogen-bond acceptors (Lipinski definition) is 4. The van der Waals surface area contributed by atoms with Gasteiger partial charge >= 0.3 is 0 Å². The quantitative estimate of drug-likeness (QED) is 0.711. The van der Waals surface area contributed by atoms with Crippen LogP contribution in [-0.4, -0.2) is 51.5 Å². The third-order valence-corrected chi connectivity index (χ3v) is 2.34. The number of ether oxygens (including phenoxy) is 1. The first kappa shape index (κ1) is 10.1. The van der Waals surface area contributed by atoms with E-state index >= 15 is 0 Å². The van der Waals surface area contributed by atoms with Crippen molar-refractivity contribution in [1.29, 1.82) is 0 Å². The fraction of sp³-hybridized carbons (Fsp3) is 0.667. The van der Waals surface area contributed by atoms with E-state index in [1.165, 1.54) is 6.20 Å². The highest BCUT2D eigenvalue weighted by molar-refractivity contribution is 5.91. The van der Waals surface area contributed by atoms with Gasteiger partial charge in [-0.2, -0.15) is 15.4 Å². The molecule has 0 saturated carbocycles. The second-order valence-electron chi connectivity index (χ2n) is 3.82. The molecule has 1 aliphatic rings. The molecule has 0 aliphatic carbocycles. The molecule has 1 N–H and O–H groups in total. The third-order valence-electron chi connectivity index (χ3n) is 2.34. The molecule has 1 amide bonds. The number of carbonyl (C=O) groups excluding carboxylic acids is 1. The zero-order chi connectivity index (χ0) is 10.8. The van der Waals surface area contributed by atoms with Gasteiger partial charge in [-0.25, -0.2) is 0 Å². The van der Waals surface area contributed by atoms with Crippen molar-refractivity contribution in [3.8, 4) is 0 Å². The Morgan fingerprint density at radius 1 is 1.53 bits per heavy atom. The van der Waals surface area contributed by atoms with E-state index in [2.05, 4.69) is 15.4 Å². The highest BCUT2D eigenvalue weighted by Crippen LogP contribution is 2.12. The maximum atomic E-state index is 11.9. The number of aromatic amines is 1. The van der Waals surface area contributed by atoms with E-state index in [4.69, 9.17) is 4.74 Å². The lowest BCUT2D eigenvalue weighted by Gasteiger charge is -2.34. The summed E-state index contributed by atoms with van der Waals surface area (Å²) in [5.41, 5.74) is 0.358. The summed E-state index contributed by atoms with van der Waals surface area (Å²) in [4.78, 5) is 13.6. The first-order valence-corrected chi connectivity index (χ1v) is 4.97. The third kappa shape index (κ3) is 2.15. The zero-order valence-corrected chi connectivity index (χ0v) is 8.80. The summed E-state index contributed by atoms with van der Waals surface area (Å²) < 4.78 is 5.55. The van der Waals surface area contributed by atoms with Crippen molar-refractivity contribution < 1.29 is 9.53 Å². The Morgan fingerprint density at radius 3 is 2.73 bits per heavy atom. The van der Waals surface area contributed by atoms with Gasteiger partial charge < -0.3 is 9.64 Å². The molecular formula is C9H14N4O2. The lowest BCUT2D eigenvalue weighted by Crippen LogP contribution is -2.48. The molecular weight excluding hydrogens is 196 g/mol. The zero-order valence-electron chi connectivity index (χ0n) is 8.80. The first-order valence-electron chi connectivity index (χ1n) is 4.97. The van der Waals surface area contributed by atoms with Crippen LogP contribution in [-0.2, 0) is 4.74 Å². The Labute approximate surface area is 87.6 Å². The molecule has 1 saturated heterocycles. The molecule has 1 aliphatic heterocycles. The molecule has 1 aromatic rings. The number of H-pyrrole nitrogens is 1. The lowest BCUT2D eigenvalue weighted by molar-refractivity contribution is -0.0587. The number of nitrogens with one attached hydrogen (secondary N) is 1. The molecule has 6 heteroatoms. The molecule has 0 spiro atoms. The van der Waals surface area contributed by atoms with Gasteiger partial charge in [-0.1, -0.05) is 0 Å². The highest BCUT2D eigenvalue weighted by atomic mass is 16.5. The van der Waals surface area contributed by atoms with Crippen LogP contribution in [0.5, 0.6) is 0 Å². The van der Waals surface area contributed by atoms with Gasteiger partial charge in [0.2, 0.25) is 0 Å². The summed E-state index contributed by atoms with van der Waals surface area (Å²) in [6.07, 6.45) is 1.59. The summed E-state index contributed by atoms with van der Waals surface area (Å²) >= 11 is 0. The van der Waals surface area contributed by atoms with Gasteiger partial charge in [0.1, 0.15) is 0 Å². The van der Waals surface area contributed by atoms with Crippen molar-refractivity contribution in [3.63, 3.8) is 0 Å². The standard InChI is InChI=1S/C9H14N4O2/c1-6-4-13(5-7(2)15-6)9(14)8-3-10-12-11-8/h3,6-7H,4-5H2,1-2H3,(H,10,11,12). The highest BCUT2D eigenvalue weighted by Gasteiger charge is 2.27. The van der Waals surface area contributed by atoms with Crippen LogP contribution < -0.4 is 0 Å². The molecule has 82 valence electrons. The molecule has 1 aromatic heterocycles. The number of aromatic nitrogens is 3. The number of amides is 1. The van der Waals surface area contributed by atoms with Crippen molar-refractivity contribution in [1.82, 2.24) is 20.3 Å². The predicted molar refractivity (Wildman–Crippen MR) is 52.3 cm³/mol. The minimum absolute atomic E-state index is 0.0737. The van der Waals surface area contributed by atoms with Crippen LogP contribution in [0, 0.1) is 0 Å². The van der Waals surface area contributed by atoms with Crippen molar-refractivity contribution in [2.24, 2.45) is 0 Å². The summed E-state index contributed by atoms with van der Waals surface area (Å²) in [6, 6.07) is 0. The summed E-state index contributed by atoms with van der Waals surface area (Å²) in [7, 11) is 0. The van der Waals surface area contributed by atoms with Crippen LogP contribution >= 0.6 is 0 Å². The van der Waals surface area contributed by atoms with Crippen molar-refractivity contribution in [3.05, 3.63) is 11.9 Å². The number of nitrogens with zero attached hydrogens (tertiary/aromatic N) is 3. The number of morpholine rings is 1. The Kier molecular flexibility index (Phi) is 2.68. The van der Waals surface area contributed by atoms with Crippen molar-refractivity contribution >= 4 is 5.91 Å². The van der Waals surface area contributed by atoms with Crippen LogP contribution in [0.4, 0.5) is 0 Å². The predicted octanol–water partition coefficient (Wildman–Crippen LogP) is 0.0541. The molecule has 0 radical (unpaired) electrons. The summed E-state index contributed by atoms with van der Waals surface area (Å²) in [5, 5.41) is 9.83. The molecule has 0 bridgehead atoms. The fourth-order valence-electron chi connectivity index (χ4n) is 1.81. The number of rotatable bonds is 1.